The summed E-state index contributed by atoms with van der Waals surface area (Å²) in [5, 5.41) is 18.4. The lowest BCUT2D eigenvalue weighted by Gasteiger charge is -2.02. The maximum absolute atomic E-state index is 12.0. The highest BCUT2D eigenvalue weighted by atomic mass is 35.5. The summed E-state index contributed by atoms with van der Waals surface area (Å²) < 4.78 is 1.70. The van der Waals surface area contributed by atoms with Crippen molar-refractivity contribution < 1.29 is 9.72 Å². The van der Waals surface area contributed by atoms with E-state index in [0.29, 0.717) is 22.9 Å². The summed E-state index contributed by atoms with van der Waals surface area (Å²) >= 11 is 5.86. The lowest BCUT2D eigenvalue weighted by Crippen LogP contribution is -2.09. The number of anilines is 1. The van der Waals surface area contributed by atoms with Crippen molar-refractivity contribution in [3.05, 3.63) is 93.1 Å². The van der Waals surface area contributed by atoms with Crippen molar-refractivity contribution in [3.63, 3.8) is 0 Å². The fourth-order valence-electron chi connectivity index (χ4n) is 2.38. The molecule has 0 spiro atoms. The largest absolute Gasteiger partial charge is 0.306 e. The van der Waals surface area contributed by atoms with Gasteiger partial charge in [0.25, 0.3) is 5.69 Å². The Morgan fingerprint density at radius 1 is 1.22 bits per heavy atom. The Bertz CT molecular complexity index is 996. The first-order valence-corrected chi connectivity index (χ1v) is 8.39. The molecule has 0 bridgehead atoms. The smallest absolute Gasteiger partial charge is 0.270 e. The van der Waals surface area contributed by atoms with Crippen molar-refractivity contribution in [1.82, 2.24) is 9.78 Å². The van der Waals surface area contributed by atoms with E-state index >= 15 is 0 Å². The van der Waals surface area contributed by atoms with Gasteiger partial charge in [0.2, 0.25) is 5.91 Å². The van der Waals surface area contributed by atoms with Gasteiger partial charge in [0.1, 0.15) is 0 Å². The molecule has 1 aromatic heterocycles. The second-order valence-corrected chi connectivity index (χ2v) is 6.14. The Balaban J connectivity index is 1.59. The zero-order valence-electron chi connectivity index (χ0n) is 14.1. The summed E-state index contributed by atoms with van der Waals surface area (Å²) in [5.74, 6) is 0.0379. The zero-order chi connectivity index (χ0) is 19.2. The standard InChI is InChI=1S/C19H15ClN4O3/c20-16-7-4-15(5-8-16)13-23-11-10-18(22-23)21-19(25)9-6-14-2-1-3-17(12-14)24(26)27/h1-12H,13H2,(H,21,22,25)/b9-6+. The molecule has 0 atom stereocenters. The summed E-state index contributed by atoms with van der Waals surface area (Å²) in [7, 11) is 0. The van der Waals surface area contributed by atoms with Crippen LogP contribution in [0, 0.1) is 10.1 Å². The van der Waals surface area contributed by atoms with E-state index in [1.54, 1.807) is 29.1 Å². The van der Waals surface area contributed by atoms with Crippen LogP contribution in [0.2, 0.25) is 5.02 Å². The van der Waals surface area contributed by atoms with Crippen molar-refractivity contribution in [2.45, 2.75) is 6.54 Å². The lowest BCUT2D eigenvalue weighted by atomic mass is 10.2. The second-order valence-electron chi connectivity index (χ2n) is 5.70. The minimum absolute atomic E-state index is 0.0292. The van der Waals surface area contributed by atoms with Crippen LogP contribution in [0.5, 0.6) is 0 Å². The molecule has 0 fully saturated rings. The molecule has 0 aliphatic rings. The van der Waals surface area contributed by atoms with Gasteiger partial charge in [0.05, 0.1) is 11.5 Å². The predicted octanol–water partition coefficient (Wildman–Crippen LogP) is 4.14. The molecular formula is C19H15ClN4O3. The molecule has 136 valence electrons. The average Bonchev–Trinajstić information content (AvgIpc) is 3.09. The van der Waals surface area contributed by atoms with Gasteiger partial charge in [-0.25, -0.2) is 0 Å². The van der Waals surface area contributed by atoms with E-state index in [1.807, 2.05) is 24.3 Å². The normalized spacial score (nSPS) is 10.9. The van der Waals surface area contributed by atoms with Crippen molar-refractivity contribution >= 4 is 35.1 Å². The minimum atomic E-state index is -0.481. The third-order valence-corrected chi connectivity index (χ3v) is 3.91. The van der Waals surface area contributed by atoms with Crippen molar-refractivity contribution in [2.24, 2.45) is 0 Å². The van der Waals surface area contributed by atoms with Crippen LogP contribution in [0.4, 0.5) is 11.5 Å². The Hall–Kier alpha value is -3.45. The number of carbonyl (C=O) groups is 1. The molecular weight excluding hydrogens is 368 g/mol. The predicted molar refractivity (Wildman–Crippen MR) is 104 cm³/mol. The molecule has 1 amide bonds. The van der Waals surface area contributed by atoms with E-state index in [2.05, 4.69) is 10.4 Å². The molecule has 0 aliphatic heterocycles. The van der Waals surface area contributed by atoms with Crippen molar-refractivity contribution in [3.8, 4) is 0 Å². The first-order valence-electron chi connectivity index (χ1n) is 8.01. The number of benzene rings is 2. The molecule has 3 aromatic rings. The van der Waals surface area contributed by atoms with Gasteiger partial charge in [0.15, 0.2) is 5.82 Å². The van der Waals surface area contributed by atoms with Gasteiger partial charge in [0, 0.05) is 35.5 Å². The molecule has 3 rings (SSSR count). The molecule has 7 nitrogen and oxygen atoms in total. The fourth-order valence-corrected chi connectivity index (χ4v) is 2.50. The third-order valence-electron chi connectivity index (χ3n) is 3.66. The topological polar surface area (TPSA) is 90.1 Å². The van der Waals surface area contributed by atoms with Crippen LogP contribution in [0.1, 0.15) is 11.1 Å². The van der Waals surface area contributed by atoms with Gasteiger partial charge >= 0.3 is 0 Å². The number of amides is 1. The molecule has 1 heterocycles. The highest BCUT2D eigenvalue weighted by Crippen LogP contribution is 2.14. The van der Waals surface area contributed by atoms with Gasteiger partial charge in [-0.15, -0.1) is 0 Å². The first-order chi connectivity index (χ1) is 13.0. The van der Waals surface area contributed by atoms with Gasteiger partial charge in [-0.2, -0.15) is 5.10 Å². The summed E-state index contributed by atoms with van der Waals surface area (Å²) in [6, 6.07) is 15.1. The van der Waals surface area contributed by atoms with Crippen molar-refractivity contribution in [1.29, 1.82) is 0 Å². The number of nitro groups is 1. The Labute approximate surface area is 160 Å². The van der Waals surface area contributed by atoms with E-state index in [0.717, 1.165) is 5.56 Å². The van der Waals surface area contributed by atoms with Crippen LogP contribution in [0.25, 0.3) is 6.08 Å². The molecule has 2 aromatic carbocycles. The van der Waals surface area contributed by atoms with E-state index in [-0.39, 0.29) is 11.6 Å². The number of halogens is 1. The van der Waals surface area contributed by atoms with E-state index in [4.69, 9.17) is 11.6 Å². The fraction of sp³-hybridized carbons (Fsp3) is 0.0526. The highest BCUT2D eigenvalue weighted by molar-refractivity contribution is 6.30. The summed E-state index contributed by atoms with van der Waals surface area (Å²) in [5.41, 5.74) is 1.57. The van der Waals surface area contributed by atoms with Crippen LogP contribution >= 0.6 is 11.6 Å². The zero-order valence-corrected chi connectivity index (χ0v) is 14.8. The number of nitro benzene ring substituents is 1. The van der Waals surface area contributed by atoms with Gasteiger partial charge < -0.3 is 5.32 Å². The summed E-state index contributed by atoms with van der Waals surface area (Å²) in [6.07, 6.45) is 4.57. The SMILES string of the molecule is O=C(/C=C/c1cccc([N+](=O)[O-])c1)Nc1ccn(Cc2ccc(Cl)cc2)n1. The Morgan fingerprint density at radius 3 is 2.74 bits per heavy atom. The minimum Gasteiger partial charge on any atom is -0.306 e. The summed E-state index contributed by atoms with van der Waals surface area (Å²) in [6.45, 7) is 0.552. The van der Waals surface area contributed by atoms with Crippen LogP contribution < -0.4 is 5.32 Å². The number of non-ortho nitro benzene ring substituents is 1. The van der Waals surface area contributed by atoms with Crippen LogP contribution in [-0.2, 0) is 11.3 Å². The van der Waals surface area contributed by atoms with Crippen molar-refractivity contribution in [2.75, 3.05) is 5.32 Å². The van der Waals surface area contributed by atoms with Gasteiger partial charge in [-0.3, -0.25) is 19.6 Å². The third kappa shape index (κ3) is 5.26. The molecule has 8 heteroatoms. The number of carbonyl (C=O) groups excluding carboxylic acids is 1. The molecule has 0 aliphatic carbocycles. The van der Waals surface area contributed by atoms with Crippen LogP contribution in [0.15, 0.2) is 66.9 Å². The number of hydrogen-bond donors (Lipinski definition) is 1. The molecule has 27 heavy (non-hydrogen) atoms. The molecule has 0 saturated heterocycles. The van der Waals surface area contributed by atoms with Crippen LogP contribution in [-0.4, -0.2) is 20.6 Å². The summed E-state index contributed by atoms with van der Waals surface area (Å²) in [4.78, 5) is 22.3. The number of hydrogen-bond acceptors (Lipinski definition) is 4. The van der Waals surface area contributed by atoms with E-state index < -0.39 is 4.92 Å². The molecule has 0 saturated carbocycles. The number of rotatable bonds is 6. The highest BCUT2D eigenvalue weighted by Gasteiger charge is 2.05. The number of nitrogens with one attached hydrogen (secondary N) is 1. The van der Waals surface area contributed by atoms with E-state index in [9.17, 15) is 14.9 Å². The van der Waals surface area contributed by atoms with E-state index in [1.165, 1.54) is 24.3 Å². The lowest BCUT2D eigenvalue weighted by molar-refractivity contribution is -0.384. The quantitative estimate of drug-likeness (QED) is 0.394. The monoisotopic (exact) mass is 382 g/mol. The molecule has 0 unspecified atom stereocenters. The van der Waals surface area contributed by atoms with Gasteiger partial charge in [-0.1, -0.05) is 35.9 Å². The number of nitrogens with zero attached hydrogens (tertiary/aromatic N) is 3. The van der Waals surface area contributed by atoms with Crippen LogP contribution in [0.3, 0.4) is 0 Å². The Morgan fingerprint density at radius 2 is 2.00 bits per heavy atom. The number of aromatic nitrogens is 2. The maximum Gasteiger partial charge on any atom is 0.270 e. The first kappa shape index (κ1) is 18.3. The van der Waals surface area contributed by atoms with Gasteiger partial charge in [-0.05, 0) is 29.3 Å². The maximum atomic E-state index is 12.0. The second kappa shape index (κ2) is 8.29. The molecule has 0 radical (unpaired) electrons. The Kier molecular flexibility index (Phi) is 5.63. The average molecular weight is 383 g/mol. The molecule has 1 N–H and O–H groups in total.